The van der Waals surface area contributed by atoms with Crippen molar-refractivity contribution in [2.24, 2.45) is 5.92 Å². The summed E-state index contributed by atoms with van der Waals surface area (Å²) in [6.45, 7) is 4.30. The van der Waals surface area contributed by atoms with Crippen LogP contribution in [0.4, 0.5) is 18.9 Å². The Hall–Kier alpha value is -2.25. The number of benzene rings is 1. The van der Waals surface area contributed by atoms with Crippen molar-refractivity contribution in [1.82, 2.24) is 4.90 Å². The second-order valence-corrected chi connectivity index (χ2v) is 5.98. The smallest absolute Gasteiger partial charge is 0.406 e. The summed E-state index contributed by atoms with van der Waals surface area (Å²) in [5, 5.41) is 2.56. The van der Waals surface area contributed by atoms with Crippen molar-refractivity contribution >= 4 is 17.5 Å². The Morgan fingerprint density at radius 3 is 2.64 bits per heavy atom. The molecule has 0 aliphatic carbocycles. The second kappa shape index (κ2) is 7.76. The highest BCUT2D eigenvalue weighted by molar-refractivity contribution is 5.97. The number of alkyl halides is 3. The Morgan fingerprint density at radius 1 is 1.36 bits per heavy atom. The lowest BCUT2D eigenvalue weighted by Crippen LogP contribution is -2.36. The standard InChI is InChI=1S/C17H21F3N2O3/c1-3-13(4-2)22-10-11(8-15(22)23)16(24)21-12-6-5-7-14(9-12)25-17(18,19)20/h5-7,9,11,13H,3-4,8,10H2,1-2H3,(H,21,24). The maximum Gasteiger partial charge on any atom is 0.573 e. The van der Waals surface area contributed by atoms with Gasteiger partial charge in [-0.3, -0.25) is 9.59 Å². The van der Waals surface area contributed by atoms with Crippen LogP contribution in [0, 0.1) is 5.92 Å². The fourth-order valence-electron chi connectivity index (χ4n) is 3.00. The predicted molar refractivity (Wildman–Crippen MR) is 85.9 cm³/mol. The molecule has 5 nitrogen and oxygen atoms in total. The average Bonchev–Trinajstić information content (AvgIpc) is 2.89. The fraction of sp³-hybridized carbons (Fsp3) is 0.529. The monoisotopic (exact) mass is 358 g/mol. The minimum Gasteiger partial charge on any atom is -0.406 e. The Labute approximate surface area is 144 Å². The molecule has 1 aromatic carbocycles. The summed E-state index contributed by atoms with van der Waals surface area (Å²) in [4.78, 5) is 26.2. The Bertz CT molecular complexity index is 630. The van der Waals surface area contributed by atoms with E-state index < -0.39 is 18.0 Å². The van der Waals surface area contributed by atoms with E-state index in [4.69, 9.17) is 0 Å². The molecule has 138 valence electrons. The first-order valence-electron chi connectivity index (χ1n) is 8.19. The number of likely N-dealkylation sites (tertiary alicyclic amines) is 1. The number of anilines is 1. The summed E-state index contributed by atoms with van der Waals surface area (Å²) in [5.41, 5.74) is 0.195. The average molecular weight is 358 g/mol. The predicted octanol–water partition coefficient (Wildman–Crippen LogP) is 3.56. The molecule has 8 heteroatoms. The van der Waals surface area contributed by atoms with Crippen molar-refractivity contribution in [2.75, 3.05) is 11.9 Å². The third kappa shape index (κ3) is 5.11. The number of hydrogen-bond acceptors (Lipinski definition) is 3. The van der Waals surface area contributed by atoms with E-state index >= 15 is 0 Å². The molecule has 1 N–H and O–H groups in total. The van der Waals surface area contributed by atoms with Gasteiger partial charge < -0.3 is 15.0 Å². The van der Waals surface area contributed by atoms with Crippen LogP contribution in [0.15, 0.2) is 24.3 Å². The van der Waals surface area contributed by atoms with Crippen LogP contribution in [0.1, 0.15) is 33.1 Å². The highest BCUT2D eigenvalue weighted by Gasteiger charge is 2.37. The maximum absolute atomic E-state index is 12.3. The SMILES string of the molecule is CCC(CC)N1CC(C(=O)Nc2cccc(OC(F)(F)F)c2)CC1=O. The van der Waals surface area contributed by atoms with Gasteiger partial charge in [-0.05, 0) is 25.0 Å². The molecule has 2 rings (SSSR count). The molecule has 0 aromatic heterocycles. The van der Waals surface area contributed by atoms with Gasteiger partial charge in [-0.1, -0.05) is 19.9 Å². The fourth-order valence-corrected chi connectivity index (χ4v) is 3.00. The minimum atomic E-state index is -4.80. The molecular formula is C17H21F3N2O3. The third-order valence-corrected chi connectivity index (χ3v) is 4.25. The normalized spacial score (nSPS) is 17.9. The van der Waals surface area contributed by atoms with E-state index in [2.05, 4.69) is 10.1 Å². The minimum absolute atomic E-state index is 0.0667. The molecular weight excluding hydrogens is 337 g/mol. The molecule has 1 heterocycles. The van der Waals surface area contributed by atoms with E-state index in [1.165, 1.54) is 12.1 Å². The van der Waals surface area contributed by atoms with Gasteiger partial charge in [0.1, 0.15) is 5.75 Å². The molecule has 1 fully saturated rings. The van der Waals surface area contributed by atoms with Crippen LogP contribution in [0.25, 0.3) is 0 Å². The van der Waals surface area contributed by atoms with Crippen molar-refractivity contribution < 1.29 is 27.5 Å². The molecule has 2 amide bonds. The van der Waals surface area contributed by atoms with Gasteiger partial charge in [0.2, 0.25) is 11.8 Å². The number of halogens is 3. The first-order chi connectivity index (χ1) is 11.7. The summed E-state index contributed by atoms with van der Waals surface area (Å²) < 4.78 is 40.6. The van der Waals surface area contributed by atoms with E-state index in [0.717, 1.165) is 25.0 Å². The van der Waals surface area contributed by atoms with Crippen molar-refractivity contribution in [3.63, 3.8) is 0 Å². The molecule has 0 bridgehead atoms. The molecule has 0 saturated carbocycles. The van der Waals surface area contributed by atoms with Gasteiger partial charge in [0.05, 0.1) is 5.92 Å². The lowest BCUT2D eigenvalue weighted by Gasteiger charge is -2.26. The summed E-state index contributed by atoms with van der Waals surface area (Å²) in [5.74, 6) is -1.37. The van der Waals surface area contributed by atoms with E-state index in [0.29, 0.717) is 6.54 Å². The number of hydrogen-bond donors (Lipinski definition) is 1. The largest absolute Gasteiger partial charge is 0.573 e. The number of nitrogens with one attached hydrogen (secondary N) is 1. The molecule has 1 aliphatic rings. The van der Waals surface area contributed by atoms with Gasteiger partial charge in [-0.25, -0.2) is 0 Å². The topological polar surface area (TPSA) is 58.6 Å². The highest BCUT2D eigenvalue weighted by atomic mass is 19.4. The van der Waals surface area contributed by atoms with E-state index in [-0.39, 0.29) is 30.0 Å². The molecule has 0 radical (unpaired) electrons. The van der Waals surface area contributed by atoms with Crippen LogP contribution in [-0.2, 0) is 9.59 Å². The van der Waals surface area contributed by atoms with Crippen LogP contribution in [0.5, 0.6) is 5.75 Å². The molecule has 1 aliphatic heterocycles. The molecule has 25 heavy (non-hydrogen) atoms. The summed E-state index contributed by atoms with van der Waals surface area (Å²) in [6, 6.07) is 5.18. The van der Waals surface area contributed by atoms with Crippen LogP contribution in [0.3, 0.4) is 0 Å². The number of rotatable bonds is 6. The molecule has 1 saturated heterocycles. The summed E-state index contributed by atoms with van der Waals surface area (Å²) in [7, 11) is 0. The maximum atomic E-state index is 12.3. The Morgan fingerprint density at radius 2 is 2.04 bits per heavy atom. The lowest BCUT2D eigenvalue weighted by atomic mass is 10.1. The van der Waals surface area contributed by atoms with Crippen molar-refractivity contribution in [1.29, 1.82) is 0 Å². The zero-order chi connectivity index (χ0) is 18.6. The van der Waals surface area contributed by atoms with E-state index in [1.807, 2.05) is 13.8 Å². The summed E-state index contributed by atoms with van der Waals surface area (Å²) >= 11 is 0. The van der Waals surface area contributed by atoms with Crippen LogP contribution in [-0.4, -0.2) is 35.7 Å². The van der Waals surface area contributed by atoms with Gasteiger partial charge >= 0.3 is 6.36 Å². The Kier molecular flexibility index (Phi) is 5.92. The second-order valence-electron chi connectivity index (χ2n) is 5.98. The third-order valence-electron chi connectivity index (χ3n) is 4.25. The van der Waals surface area contributed by atoms with E-state index in [1.54, 1.807) is 4.90 Å². The number of ether oxygens (including phenoxy) is 1. The Balaban J connectivity index is 2.01. The number of carbonyl (C=O) groups is 2. The van der Waals surface area contributed by atoms with Crippen LogP contribution >= 0.6 is 0 Å². The number of amides is 2. The van der Waals surface area contributed by atoms with Crippen LogP contribution in [0.2, 0.25) is 0 Å². The van der Waals surface area contributed by atoms with Crippen LogP contribution < -0.4 is 10.1 Å². The molecule has 1 aromatic rings. The van der Waals surface area contributed by atoms with E-state index in [9.17, 15) is 22.8 Å². The zero-order valence-corrected chi connectivity index (χ0v) is 14.1. The van der Waals surface area contributed by atoms with Crippen molar-refractivity contribution in [3.05, 3.63) is 24.3 Å². The quantitative estimate of drug-likeness (QED) is 0.846. The van der Waals surface area contributed by atoms with Gasteiger partial charge in [0.15, 0.2) is 0 Å². The molecule has 0 spiro atoms. The molecule has 1 unspecified atom stereocenters. The lowest BCUT2D eigenvalue weighted by molar-refractivity contribution is -0.274. The summed E-state index contributed by atoms with van der Waals surface area (Å²) in [6.07, 6.45) is -3.06. The number of carbonyl (C=O) groups excluding carboxylic acids is 2. The first-order valence-corrected chi connectivity index (χ1v) is 8.19. The number of nitrogens with zero attached hydrogens (tertiary/aromatic N) is 1. The van der Waals surface area contributed by atoms with Gasteiger partial charge in [0.25, 0.3) is 0 Å². The first kappa shape index (κ1) is 19.1. The van der Waals surface area contributed by atoms with Gasteiger partial charge in [-0.15, -0.1) is 13.2 Å². The van der Waals surface area contributed by atoms with Gasteiger partial charge in [0, 0.05) is 30.8 Å². The zero-order valence-electron chi connectivity index (χ0n) is 14.1. The van der Waals surface area contributed by atoms with Crippen molar-refractivity contribution in [2.45, 2.75) is 45.5 Å². The van der Waals surface area contributed by atoms with Gasteiger partial charge in [-0.2, -0.15) is 0 Å². The molecule has 1 atom stereocenters. The van der Waals surface area contributed by atoms with Crippen molar-refractivity contribution in [3.8, 4) is 5.75 Å². The highest BCUT2D eigenvalue weighted by Crippen LogP contribution is 2.27.